The second-order valence-corrected chi connectivity index (χ2v) is 7.16. The smallest absolute Gasteiger partial charge is 0.345 e. The Morgan fingerprint density at radius 1 is 0.688 bits per heavy atom. The van der Waals surface area contributed by atoms with E-state index in [0.29, 0.717) is 16.3 Å². The summed E-state index contributed by atoms with van der Waals surface area (Å²) in [6, 6.07) is 30.9. The predicted molar refractivity (Wildman–Crippen MR) is 127 cm³/mol. The zero-order valence-electron chi connectivity index (χ0n) is 16.9. The Morgan fingerprint density at radius 3 is 1.97 bits per heavy atom. The summed E-state index contributed by atoms with van der Waals surface area (Å²) < 4.78 is 5.38. The van der Waals surface area contributed by atoms with Gasteiger partial charge in [0.05, 0.1) is 27.6 Å². The second-order valence-electron chi connectivity index (χ2n) is 6.75. The maximum absolute atomic E-state index is 12.2. The molecule has 156 valence electrons. The molecule has 32 heavy (non-hydrogen) atoms. The fourth-order valence-corrected chi connectivity index (χ4v) is 2.99. The normalized spacial score (nSPS) is 11.2. The van der Waals surface area contributed by atoms with Crippen LogP contribution in [-0.2, 0) is 0 Å². The van der Waals surface area contributed by atoms with Gasteiger partial charge in [-0.05, 0) is 78.4 Å². The highest BCUT2D eigenvalue weighted by Crippen LogP contribution is 2.22. The maximum atomic E-state index is 12.2. The lowest BCUT2D eigenvalue weighted by Gasteiger charge is -2.05. The van der Waals surface area contributed by atoms with Crippen molar-refractivity contribution >= 4 is 40.8 Å². The molecule has 6 heteroatoms. The molecule has 0 N–H and O–H groups in total. The van der Waals surface area contributed by atoms with Gasteiger partial charge in [0.25, 0.3) is 0 Å². The largest absolute Gasteiger partial charge is 0.423 e. The van der Waals surface area contributed by atoms with Crippen LogP contribution in [0.2, 0.25) is 5.02 Å². The molecule has 0 unspecified atom stereocenters. The lowest BCUT2D eigenvalue weighted by Crippen LogP contribution is -2.08. The van der Waals surface area contributed by atoms with E-state index in [1.807, 2.05) is 66.7 Å². The van der Waals surface area contributed by atoms with Gasteiger partial charge in [-0.3, -0.25) is 4.99 Å². The number of azo groups is 1. The number of aliphatic imine (C=N–C) groups is 1. The van der Waals surface area contributed by atoms with Gasteiger partial charge in [0.2, 0.25) is 0 Å². The monoisotopic (exact) mass is 439 g/mol. The van der Waals surface area contributed by atoms with Crippen molar-refractivity contribution in [3.05, 3.63) is 119 Å². The van der Waals surface area contributed by atoms with Gasteiger partial charge in [-0.1, -0.05) is 41.9 Å². The second kappa shape index (κ2) is 10.3. The van der Waals surface area contributed by atoms with Gasteiger partial charge in [-0.2, -0.15) is 10.2 Å². The highest BCUT2D eigenvalue weighted by atomic mass is 35.5. The zero-order chi connectivity index (χ0) is 22.2. The van der Waals surface area contributed by atoms with Crippen LogP contribution in [0.5, 0.6) is 5.75 Å². The van der Waals surface area contributed by atoms with Gasteiger partial charge in [0.15, 0.2) is 0 Å². The van der Waals surface area contributed by atoms with Crippen LogP contribution in [0.3, 0.4) is 0 Å². The highest BCUT2D eigenvalue weighted by molar-refractivity contribution is 6.33. The molecule has 0 heterocycles. The quantitative estimate of drug-likeness (QED) is 0.133. The van der Waals surface area contributed by atoms with E-state index in [-0.39, 0.29) is 0 Å². The van der Waals surface area contributed by atoms with Crippen molar-refractivity contribution in [3.8, 4) is 5.75 Å². The first-order chi connectivity index (χ1) is 15.7. The van der Waals surface area contributed by atoms with Crippen LogP contribution in [0.4, 0.5) is 17.1 Å². The average Bonchev–Trinajstić information content (AvgIpc) is 2.84. The van der Waals surface area contributed by atoms with Crippen LogP contribution < -0.4 is 4.74 Å². The number of carbonyl (C=O) groups is 1. The molecule has 0 amide bonds. The van der Waals surface area contributed by atoms with E-state index in [9.17, 15) is 4.79 Å². The minimum atomic E-state index is -0.499. The van der Waals surface area contributed by atoms with E-state index in [1.165, 1.54) is 0 Å². The van der Waals surface area contributed by atoms with Crippen LogP contribution in [0.15, 0.2) is 118 Å². The fourth-order valence-electron chi connectivity index (χ4n) is 2.78. The van der Waals surface area contributed by atoms with Gasteiger partial charge < -0.3 is 4.74 Å². The Balaban J connectivity index is 1.36. The molecule has 4 rings (SSSR count). The molecular formula is C26H18ClN3O2. The van der Waals surface area contributed by atoms with Crippen molar-refractivity contribution in [3.63, 3.8) is 0 Å². The average molecular weight is 440 g/mol. The van der Waals surface area contributed by atoms with E-state index < -0.39 is 5.97 Å². The van der Waals surface area contributed by atoms with Crippen molar-refractivity contribution in [2.24, 2.45) is 15.2 Å². The summed E-state index contributed by atoms with van der Waals surface area (Å²) in [7, 11) is 0. The third kappa shape index (κ3) is 5.74. The van der Waals surface area contributed by atoms with Gasteiger partial charge in [-0.15, -0.1) is 0 Å². The van der Waals surface area contributed by atoms with Gasteiger partial charge in [0, 0.05) is 6.21 Å². The van der Waals surface area contributed by atoms with E-state index in [4.69, 9.17) is 16.3 Å². The van der Waals surface area contributed by atoms with Crippen molar-refractivity contribution in [2.75, 3.05) is 0 Å². The topological polar surface area (TPSA) is 63.4 Å². The number of esters is 1. The molecule has 0 aliphatic heterocycles. The molecule has 0 spiro atoms. The Morgan fingerprint density at radius 2 is 1.28 bits per heavy atom. The molecule has 0 fully saturated rings. The maximum Gasteiger partial charge on any atom is 0.345 e. The summed E-state index contributed by atoms with van der Waals surface area (Å²) >= 11 is 6.04. The lowest BCUT2D eigenvalue weighted by atomic mass is 10.2. The number of nitrogens with zero attached hydrogens (tertiary/aromatic N) is 3. The molecule has 4 aromatic rings. The number of rotatable bonds is 6. The first-order valence-corrected chi connectivity index (χ1v) is 10.2. The molecule has 0 saturated heterocycles. The Hall–Kier alpha value is -4.09. The first-order valence-electron chi connectivity index (χ1n) is 9.85. The standard InChI is InChI=1S/C26H18ClN3O2/c27-25-9-5-4-8-24(25)26(31)32-23-16-10-19(11-17-23)18-28-20-12-14-22(15-13-20)30-29-21-6-2-1-3-7-21/h1-18H. The summed E-state index contributed by atoms with van der Waals surface area (Å²) in [5, 5.41) is 8.77. The van der Waals surface area contributed by atoms with Crippen LogP contribution in [0.1, 0.15) is 15.9 Å². The van der Waals surface area contributed by atoms with Crippen molar-refractivity contribution < 1.29 is 9.53 Å². The third-order valence-corrected chi connectivity index (χ3v) is 4.76. The third-order valence-electron chi connectivity index (χ3n) is 4.43. The van der Waals surface area contributed by atoms with Crippen LogP contribution in [0.25, 0.3) is 0 Å². The van der Waals surface area contributed by atoms with Crippen LogP contribution in [0, 0.1) is 0 Å². The molecule has 5 nitrogen and oxygen atoms in total. The summed E-state index contributed by atoms with van der Waals surface area (Å²) in [4.78, 5) is 16.7. The van der Waals surface area contributed by atoms with Gasteiger partial charge >= 0.3 is 5.97 Å². The fraction of sp³-hybridized carbons (Fsp3) is 0. The van der Waals surface area contributed by atoms with Crippen molar-refractivity contribution in [2.45, 2.75) is 0 Å². The highest BCUT2D eigenvalue weighted by Gasteiger charge is 2.11. The molecule has 0 atom stereocenters. The number of carbonyl (C=O) groups excluding carboxylic acids is 1. The first kappa shape index (κ1) is 21.2. The van der Waals surface area contributed by atoms with E-state index in [2.05, 4.69) is 15.2 Å². The van der Waals surface area contributed by atoms with E-state index >= 15 is 0 Å². The minimum absolute atomic E-state index is 0.326. The van der Waals surface area contributed by atoms with Crippen LogP contribution in [-0.4, -0.2) is 12.2 Å². The number of hydrogen-bond acceptors (Lipinski definition) is 5. The van der Waals surface area contributed by atoms with Crippen molar-refractivity contribution in [1.29, 1.82) is 0 Å². The van der Waals surface area contributed by atoms with Gasteiger partial charge in [0.1, 0.15) is 5.75 Å². The molecule has 4 aromatic carbocycles. The molecule has 0 saturated carbocycles. The van der Waals surface area contributed by atoms with Crippen molar-refractivity contribution in [1.82, 2.24) is 0 Å². The minimum Gasteiger partial charge on any atom is -0.423 e. The molecule has 0 aromatic heterocycles. The molecule has 0 aliphatic carbocycles. The van der Waals surface area contributed by atoms with E-state index in [1.54, 1.807) is 42.6 Å². The van der Waals surface area contributed by atoms with E-state index in [0.717, 1.165) is 22.6 Å². The Labute approximate surface area is 190 Å². The molecule has 0 aliphatic rings. The summed E-state index contributed by atoms with van der Waals surface area (Å²) in [5.41, 5.74) is 3.54. The number of ether oxygens (including phenoxy) is 1. The number of hydrogen-bond donors (Lipinski definition) is 0. The molecule has 0 radical (unpaired) electrons. The van der Waals surface area contributed by atoms with Crippen LogP contribution >= 0.6 is 11.6 Å². The molecule has 0 bridgehead atoms. The Kier molecular flexibility index (Phi) is 6.80. The zero-order valence-corrected chi connectivity index (χ0v) is 17.7. The number of halogens is 1. The summed E-state index contributed by atoms with van der Waals surface area (Å²) in [6.45, 7) is 0. The number of benzene rings is 4. The summed E-state index contributed by atoms with van der Waals surface area (Å²) in [5.74, 6) is -0.0679. The summed E-state index contributed by atoms with van der Waals surface area (Å²) in [6.07, 6.45) is 1.74. The predicted octanol–water partition coefficient (Wildman–Crippen LogP) is 7.73. The SMILES string of the molecule is O=C(Oc1ccc(C=Nc2ccc(N=Nc3ccccc3)cc2)cc1)c1ccccc1Cl. The molecular weight excluding hydrogens is 422 g/mol. The van der Waals surface area contributed by atoms with Gasteiger partial charge in [-0.25, -0.2) is 4.79 Å². The Bertz CT molecular complexity index is 1250. The lowest BCUT2D eigenvalue weighted by molar-refractivity contribution is 0.0735.